The van der Waals surface area contributed by atoms with Gasteiger partial charge in [-0.3, -0.25) is 4.68 Å². The first-order chi connectivity index (χ1) is 9.67. The zero-order valence-corrected chi connectivity index (χ0v) is 11.6. The van der Waals surface area contributed by atoms with Crippen molar-refractivity contribution in [2.24, 2.45) is 0 Å². The molecule has 0 bridgehead atoms. The van der Waals surface area contributed by atoms with Crippen LogP contribution in [-0.2, 0) is 6.54 Å². The molecule has 0 spiro atoms. The molecule has 2 heterocycles. The standard InChI is InChI=1S/C16H16N4/c1-12(2)20-8-6-15(18-20)11-19-7-5-14-9-13(10-17)3-4-16(14)19/h3-9,12H,11H2,1-2H3. The summed E-state index contributed by atoms with van der Waals surface area (Å²) in [6.45, 7) is 4.98. The van der Waals surface area contributed by atoms with E-state index in [-0.39, 0.29) is 0 Å². The lowest BCUT2D eigenvalue weighted by atomic mass is 10.2. The Morgan fingerprint density at radius 1 is 1.20 bits per heavy atom. The van der Waals surface area contributed by atoms with E-state index in [2.05, 4.69) is 35.6 Å². The molecular weight excluding hydrogens is 248 g/mol. The second-order valence-electron chi connectivity index (χ2n) is 5.21. The van der Waals surface area contributed by atoms with Gasteiger partial charge in [-0.15, -0.1) is 0 Å². The van der Waals surface area contributed by atoms with Crippen LogP contribution < -0.4 is 0 Å². The van der Waals surface area contributed by atoms with E-state index in [0.717, 1.165) is 23.1 Å². The number of nitrogens with zero attached hydrogens (tertiary/aromatic N) is 4. The van der Waals surface area contributed by atoms with Crippen molar-refractivity contribution in [2.45, 2.75) is 26.4 Å². The molecule has 1 aromatic carbocycles. The Labute approximate surface area is 117 Å². The van der Waals surface area contributed by atoms with Gasteiger partial charge in [0.1, 0.15) is 0 Å². The van der Waals surface area contributed by atoms with Gasteiger partial charge in [-0.2, -0.15) is 10.4 Å². The predicted octanol–water partition coefficient (Wildman–Crippen LogP) is 3.34. The van der Waals surface area contributed by atoms with Crippen molar-refractivity contribution in [2.75, 3.05) is 0 Å². The molecule has 4 heteroatoms. The van der Waals surface area contributed by atoms with E-state index in [1.165, 1.54) is 0 Å². The van der Waals surface area contributed by atoms with Gasteiger partial charge in [-0.1, -0.05) is 0 Å². The van der Waals surface area contributed by atoms with Crippen molar-refractivity contribution < 1.29 is 0 Å². The van der Waals surface area contributed by atoms with Gasteiger partial charge in [0, 0.05) is 29.3 Å². The van der Waals surface area contributed by atoms with Crippen molar-refractivity contribution in [3.8, 4) is 6.07 Å². The van der Waals surface area contributed by atoms with E-state index < -0.39 is 0 Å². The first-order valence-corrected chi connectivity index (χ1v) is 6.70. The number of fused-ring (bicyclic) bond motifs is 1. The maximum Gasteiger partial charge on any atom is 0.0991 e. The number of hydrogen-bond acceptors (Lipinski definition) is 2. The zero-order chi connectivity index (χ0) is 14.1. The third-order valence-corrected chi connectivity index (χ3v) is 3.43. The molecule has 0 fully saturated rings. The summed E-state index contributed by atoms with van der Waals surface area (Å²) in [6.07, 6.45) is 4.06. The van der Waals surface area contributed by atoms with Crippen LogP contribution in [0, 0.1) is 11.3 Å². The Morgan fingerprint density at radius 2 is 2.05 bits per heavy atom. The molecule has 0 aliphatic rings. The van der Waals surface area contributed by atoms with E-state index in [1.54, 1.807) is 0 Å². The summed E-state index contributed by atoms with van der Waals surface area (Å²) in [4.78, 5) is 0. The van der Waals surface area contributed by atoms with Crippen molar-refractivity contribution in [1.82, 2.24) is 14.3 Å². The summed E-state index contributed by atoms with van der Waals surface area (Å²) in [5.41, 5.74) is 2.86. The largest absolute Gasteiger partial charge is 0.341 e. The topological polar surface area (TPSA) is 46.5 Å². The number of hydrogen-bond donors (Lipinski definition) is 0. The molecule has 0 aliphatic heterocycles. The van der Waals surface area contributed by atoms with Crippen LogP contribution in [-0.4, -0.2) is 14.3 Å². The number of nitriles is 1. The third kappa shape index (κ3) is 2.19. The highest BCUT2D eigenvalue weighted by Crippen LogP contribution is 2.18. The molecule has 20 heavy (non-hydrogen) atoms. The average molecular weight is 264 g/mol. The van der Waals surface area contributed by atoms with Crippen molar-refractivity contribution >= 4 is 10.9 Å². The monoisotopic (exact) mass is 264 g/mol. The SMILES string of the molecule is CC(C)n1ccc(Cn2ccc3cc(C#N)ccc32)n1. The van der Waals surface area contributed by atoms with Crippen LogP contribution in [0.15, 0.2) is 42.7 Å². The van der Waals surface area contributed by atoms with Crippen LogP contribution in [0.4, 0.5) is 0 Å². The van der Waals surface area contributed by atoms with Crippen molar-refractivity contribution in [3.05, 3.63) is 54.0 Å². The van der Waals surface area contributed by atoms with Crippen LogP contribution in [0.2, 0.25) is 0 Å². The van der Waals surface area contributed by atoms with Crippen LogP contribution in [0.1, 0.15) is 31.1 Å². The molecule has 100 valence electrons. The number of rotatable bonds is 3. The van der Waals surface area contributed by atoms with Gasteiger partial charge in [-0.25, -0.2) is 0 Å². The zero-order valence-electron chi connectivity index (χ0n) is 11.6. The fraction of sp³-hybridized carbons (Fsp3) is 0.250. The van der Waals surface area contributed by atoms with Gasteiger partial charge in [0.2, 0.25) is 0 Å². The quantitative estimate of drug-likeness (QED) is 0.728. The second-order valence-corrected chi connectivity index (χ2v) is 5.21. The predicted molar refractivity (Wildman–Crippen MR) is 78.4 cm³/mol. The number of benzene rings is 1. The fourth-order valence-corrected chi connectivity index (χ4v) is 2.33. The molecule has 0 aliphatic carbocycles. The molecule has 0 saturated carbocycles. The van der Waals surface area contributed by atoms with E-state index in [0.29, 0.717) is 11.6 Å². The van der Waals surface area contributed by atoms with E-state index >= 15 is 0 Å². The smallest absolute Gasteiger partial charge is 0.0991 e. The minimum atomic E-state index is 0.378. The molecule has 0 amide bonds. The molecule has 3 aromatic rings. The highest BCUT2D eigenvalue weighted by Gasteiger charge is 2.06. The highest BCUT2D eigenvalue weighted by atomic mass is 15.3. The van der Waals surface area contributed by atoms with Gasteiger partial charge in [0.25, 0.3) is 0 Å². The van der Waals surface area contributed by atoms with Gasteiger partial charge < -0.3 is 4.57 Å². The molecule has 0 atom stereocenters. The lowest BCUT2D eigenvalue weighted by molar-refractivity contribution is 0.524. The fourth-order valence-electron chi connectivity index (χ4n) is 2.33. The highest BCUT2D eigenvalue weighted by molar-refractivity contribution is 5.81. The summed E-state index contributed by atoms with van der Waals surface area (Å²) >= 11 is 0. The summed E-state index contributed by atoms with van der Waals surface area (Å²) in [7, 11) is 0. The summed E-state index contributed by atoms with van der Waals surface area (Å²) in [6, 6.07) is 12.4. The normalized spacial score (nSPS) is 11.1. The van der Waals surface area contributed by atoms with Crippen LogP contribution >= 0.6 is 0 Å². The lowest BCUT2D eigenvalue weighted by Gasteiger charge is -2.05. The minimum absolute atomic E-state index is 0.378. The summed E-state index contributed by atoms with van der Waals surface area (Å²) in [5.74, 6) is 0. The first-order valence-electron chi connectivity index (χ1n) is 6.70. The van der Waals surface area contributed by atoms with Gasteiger partial charge in [-0.05, 0) is 44.2 Å². The Balaban J connectivity index is 1.92. The van der Waals surface area contributed by atoms with Crippen molar-refractivity contribution in [3.63, 3.8) is 0 Å². The third-order valence-electron chi connectivity index (χ3n) is 3.43. The molecule has 0 N–H and O–H groups in total. The Hall–Kier alpha value is -2.54. The van der Waals surface area contributed by atoms with Crippen LogP contribution in [0.25, 0.3) is 10.9 Å². The first kappa shape index (κ1) is 12.5. The van der Waals surface area contributed by atoms with Crippen LogP contribution in [0.5, 0.6) is 0 Å². The number of aromatic nitrogens is 3. The lowest BCUT2D eigenvalue weighted by Crippen LogP contribution is -2.04. The maximum atomic E-state index is 8.92. The van der Waals surface area contributed by atoms with E-state index in [4.69, 9.17) is 5.26 Å². The Bertz CT molecular complexity index is 786. The van der Waals surface area contributed by atoms with Crippen molar-refractivity contribution in [1.29, 1.82) is 5.26 Å². The van der Waals surface area contributed by atoms with Gasteiger partial charge >= 0.3 is 0 Å². The molecular formula is C16H16N4. The molecule has 0 saturated heterocycles. The van der Waals surface area contributed by atoms with Gasteiger partial charge in [0.15, 0.2) is 0 Å². The molecule has 0 unspecified atom stereocenters. The van der Waals surface area contributed by atoms with E-state index in [1.807, 2.05) is 41.3 Å². The van der Waals surface area contributed by atoms with Crippen LogP contribution in [0.3, 0.4) is 0 Å². The second kappa shape index (κ2) is 4.86. The molecule has 4 nitrogen and oxygen atoms in total. The Morgan fingerprint density at radius 3 is 2.75 bits per heavy atom. The minimum Gasteiger partial charge on any atom is -0.341 e. The molecule has 0 radical (unpaired) electrons. The van der Waals surface area contributed by atoms with Gasteiger partial charge in [0.05, 0.1) is 23.9 Å². The molecule has 2 aromatic heterocycles. The molecule has 3 rings (SSSR count). The average Bonchev–Trinajstić information content (AvgIpc) is 3.06. The summed E-state index contributed by atoms with van der Waals surface area (Å²) < 4.78 is 4.12. The maximum absolute atomic E-state index is 8.92. The Kier molecular flexibility index (Phi) is 3.03. The van der Waals surface area contributed by atoms with E-state index in [9.17, 15) is 0 Å². The summed E-state index contributed by atoms with van der Waals surface area (Å²) in [5, 5.41) is 14.6.